The maximum atomic E-state index is 12.3. The third-order valence-electron chi connectivity index (χ3n) is 5.64. The number of methoxy groups -OCH3 is 1. The van der Waals surface area contributed by atoms with Gasteiger partial charge in [0, 0.05) is 60.0 Å². The number of aromatic nitrogens is 1. The average molecular weight is 418 g/mol. The van der Waals surface area contributed by atoms with Gasteiger partial charge in [-0.3, -0.25) is 14.5 Å². The number of H-pyrrole nitrogens is 1. The number of fused-ring (bicyclic) bond motifs is 1. The van der Waals surface area contributed by atoms with Crippen LogP contribution < -0.4 is 15.8 Å². The number of aromatic amines is 1. The maximum Gasteiger partial charge on any atom is 0.248 e. The van der Waals surface area contributed by atoms with Crippen molar-refractivity contribution in [2.45, 2.75) is 12.8 Å². The fraction of sp³-hybridized carbons (Fsp3) is 0.250. The third kappa shape index (κ3) is 4.78. The Bertz CT molecular complexity index is 1130. The number of amides is 2. The topological polar surface area (TPSA) is 100 Å². The van der Waals surface area contributed by atoms with E-state index in [4.69, 9.17) is 10.5 Å². The van der Waals surface area contributed by atoms with E-state index in [-0.39, 0.29) is 5.91 Å². The highest BCUT2D eigenvalue weighted by molar-refractivity contribution is 5.95. The van der Waals surface area contributed by atoms with Crippen LogP contribution in [0.1, 0.15) is 28.8 Å². The first-order valence-corrected chi connectivity index (χ1v) is 10.3. The zero-order valence-electron chi connectivity index (χ0n) is 17.5. The van der Waals surface area contributed by atoms with Gasteiger partial charge in [0.05, 0.1) is 7.11 Å². The minimum atomic E-state index is -0.484. The second kappa shape index (κ2) is 9.06. The van der Waals surface area contributed by atoms with Crippen LogP contribution in [0.25, 0.3) is 16.5 Å². The Labute approximate surface area is 180 Å². The van der Waals surface area contributed by atoms with E-state index >= 15 is 0 Å². The van der Waals surface area contributed by atoms with Crippen LogP contribution in [0.2, 0.25) is 0 Å². The number of nitrogens with one attached hydrogen (secondary N) is 2. The van der Waals surface area contributed by atoms with E-state index in [0.29, 0.717) is 24.2 Å². The molecule has 160 valence electrons. The Morgan fingerprint density at radius 3 is 2.68 bits per heavy atom. The quantitative estimate of drug-likeness (QED) is 0.547. The molecule has 0 saturated carbocycles. The number of carbonyl (C=O) groups excluding carboxylic acids is 2. The minimum Gasteiger partial charge on any atom is -0.497 e. The van der Waals surface area contributed by atoms with Crippen molar-refractivity contribution in [2.75, 3.05) is 32.1 Å². The smallest absolute Gasteiger partial charge is 0.248 e. The number of hydrogen-bond donors (Lipinski definition) is 3. The normalized spacial score (nSPS) is 14.3. The number of hydrogen-bond acceptors (Lipinski definition) is 4. The van der Waals surface area contributed by atoms with Crippen LogP contribution in [0.15, 0.2) is 54.7 Å². The SMILES string of the molecule is COc1ccc2[nH]cc(C3=CCN(CCC(=O)Nc4ccc(C(N)=O)cc4)CC3)c2c1. The van der Waals surface area contributed by atoms with E-state index in [2.05, 4.69) is 33.5 Å². The first kappa shape index (κ1) is 20.7. The number of ether oxygens (including phenoxy) is 1. The van der Waals surface area contributed by atoms with Gasteiger partial charge in [-0.25, -0.2) is 0 Å². The van der Waals surface area contributed by atoms with Crippen LogP contribution in [-0.4, -0.2) is 48.4 Å². The molecule has 1 aromatic heterocycles. The van der Waals surface area contributed by atoms with Crippen LogP contribution in [0.4, 0.5) is 5.69 Å². The zero-order valence-corrected chi connectivity index (χ0v) is 17.5. The highest BCUT2D eigenvalue weighted by atomic mass is 16.5. The molecule has 3 aromatic rings. The van der Waals surface area contributed by atoms with Gasteiger partial charge in [0.2, 0.25) is 11.8 Å². The Morgan fingerprint density at radius 1 is 1.19 bits per heavy atom. The number of rotatable bonds is 7. The van der Waals surface area contributed by atoms with Gasteiger partial charge >= 0.3 is 0 Å². The second-order valence-electron chi connectivity index (χ2n) is 7.63. The fourth-order valence-corrected chi connectivity index (χ4v) is 3.85. The molecule has 1 aliphatic heterocycles. The molecule has 4 rings (SSSR count). The zero-order chi connectivity index (χ0) is 21.8. The van der Waals surface area contributed by atoms with E-state index in [0.717, 1.165) is 30.8 Å². The molecule has 2 amide bonds. The van der Waals surface area contributed by atoms with Crippen molar-refractivity contribution >= 4 is 34.0 Å². The molecule has 1 aliphatic rings. The Hall–Kier alpha value is -3.58. The molecule has 31 heavy (non-hydrogen) atoms. The standard InChI is InChI=1S/C24H26N4O3/c1-31-19-6-7-22-20(14-19)21(15-26-22)16-8-11-28(12-9-16)13-10-23(29)27-18-4-2-17(3-5-18)24(25)30/h2-8,14-15,26H,9-13H2,1H3,(H2,25,30)(H,27,29). The van der Waals surface area contributed by atoms with E-state index in [1.54, 1.807) is 31.4 Å². The third-order valence-corrected chi connectivity index (χ3v) is 5.64. The molecule has 0 aliphatic carbocycles. The molecule has 2 aromatic carbocycles. The van der Waals surface area contributed by atoms with E-state index < -0.39 is 5.91 Å². The molecule has 0 unspecified atom stereocenters. The maximum absolute atomic E-state index is 12.3. The van der Waals surface area contributed by atoms with E-state index in [1.165, 1.54) is 16.5 Å². The summed E-state index contributed by atoms with van der Waals surface area (Å²) in [5, 5.41) is 4.03. The van der Waals surface area contributed by atoms with Crippen LogP contribution in [0.3, 0.4) is 0 Å². The molecule has 7 heteroatoms. The summed E-state index contributed by atoms with van der Waals surface area (Å²) in [6, 6.07) is 12.6. The van der Waals surface area contributed by atoms with Gasteiger partial charge in [-0.2, -0.15) is 0 Å². The Morgan fingerprint density at radius 2 is 2.00 bits per heavy atom. The molecular formula is C24H26N4O3. The van der Waals surface area contributed by atoms with E-state index in [9.17, 15) is 9.59 Å². The molecule has 0 fully saturated rings. The monoisotopic (exact) mass is 418 g/mol. The minimum absolute atomic E-state index is 0.0506. The lowest BCUT2D eigenvalue weighted by molar-refractivity contribution is -0.116. The average Bonchev–Trinajstić information content (AvgIpc) is 3.21. The van der Waals surface area contributed by atoms with Crippen molar-refractivity contribution in [3.63, 3.8) is 0 Å². The van der Waals surface area contributed by atoms with Crippen molar-refractivity contribution in [2.24, 2.45) is 5.73 Å². The molecule has 7 nitrogen and oxygen atoms in total. The number of nitrogens with two attached hydrogens (primary N) is 1. The summed E-state index contributed by atoms with van der Waals surface area (Å²) >= 11 is 0. The molecule has 0 saturated heterocycles. The molecule has 0 atom stereocenters. The first-order valence-electron chi connectivity index (χ1n) is 10.3. The largest absolute Gasteiger partial charge is 0.497 e. The highest BCUT2D eigenvalue weighted by Crippen LogP contribution is 2.31. The molecule has 0 bridgehead atoms. The van der Waals surface area contributed by atoms with Gasteiger partial charge in [-0.15, -0.1) is 0 Å². The summed E-state index contributed by atoms with van der Waals surface area (Å²) in [5.74, 6) is 0.314. The predicted molar refractivity (Wildman–Crippen MR) is 122 cm³/mol. The number of carbonyl (C=O) groups is 2. The van der Waals surface area contributed by atoms with Crippen molar-refractivity contribution in [1.29, 1.82) is 0 Å². The fourth-order valence-electron chi connectivity index (χ4n) is 3.85. The summed E-state index contributed by atoms with van der Waals surface area (Å²) < 4.78 is 5.36. The van der Waals surface area contributed by atoms with Crippen LogP contribution >= 0.6 is 0 Å². The summed E-state index contributed by atoms with van der Waals surface area (Å²) in [6.07, 6.45) is 5.64. The predicted octanol–water partition coefficient (Wildman–Crippen LogP) is 3.39. The number of nitrogens with zero attached hydrogens (tertiary/aromatic N) is 1. The van der Waals surface area contributed by atoms with Gasteiger partial charge in [-0.05, 0) is 54.5 Å². The lowest BCUT2D eigenvalue weighted by Gasteiger charge is -2.26. The molecule has 4 N–H and O–H groups in total. The van der Waals surface area contributed by atoms with Gasteiger partial charge < -0.3 is 20.8 Å². The number of primary amides is 1. The number of benzene rings is 2. The number of anilines is 1. The molecule has 0 spiro atoms. The summed E-state index contributed by atoms with van der Waals surface area (Å²) in [7, 11) is 1.68. The lowest BCUT2D eigenvalue weighted by atomic mass is 9.98. The van der Waals surface area contributed by atoms with Crippen LogP contribution in [-0.2, 0) is 4.79 Å². The van der Waals surface area contributed by atoms with Crippen LogP contribution in [0.5, 0.6) is 5.75 Å². The second-order valence-corrected chi connectivity index (χ2v) is 7.63. The summed E-state index contributed by atoms with van der Waals surface area (Å²) in [5.41, 5.74) is 9.93. The molecular weight excluding hydrogens is 392 g/mol. The van der Waals surface area contributed by atoms with Gasteiger partial charge in [-0.1, -0.05) is 6.08 Å². The molecule has 2 heterocycles. The lowest BCUT2D eigenvalue weighted by Crippen LogP contribution is -2.31. The van der Waals surface area contributed by atoms with Gasteiger partial charge in [0.1, 0.15) is 5.75 Å². The first-order chi connectivity index (χ1) is 15.0. The summed E-state index contributed by atoms with van der Waals surface area (Å²) in [4.78, 5) is 29.0. The van der Waals surface area contributed by atoms with Crippen molar-refractivity contribution in [3.8, 4) is 5.75 Å². The Balaban J connectivity index is 1.31. The van der Waals surface area contributed by atoms with Crippen molar-refractivity contribution in [1.82, 2.24) is 9.88 Å². The van der Waals surface area contributed by atoms with Gasteiger partial charge in [0.15, 0.2) is 0 Å². The Kier molecular flexibility index (Phi) is 6.04. The molecule has 0 radical (unpaired) electrons. The van der Waals surface area contributed by atoms with Gasteiger partial charge in [0.25, 0.3) is 0 Å². The van der Waals surface area contributed by atoms with Crippen molar-refractivity contribution in [3.05, 3.63) is 65.9 Å². The highest BCUT2D eigenvalue weighted by Gasteiger charge is 2.17. The van der Waals surface area contributed by atoms with Crippen LogP contribution in [0, 0.1) is 0 Å². The van der Waals surface area contributed by atoms with Crippen molar-refractivity contribution < 1.29 is 14.3 Å². The summed E-state index contributed by atoms with van der Waals surface area (Å²) in [6.45, 7) is 2.41. The van der Waals surface area contributed by atoms with E-state index in [1.807, 2.05) is 12.1 Å².